The van der Waals surface area contributed by atoms with E-state index in [0.717, 1.165) is 16.7 Å². The molecule has 0 radical (unpaired) electrons. The van der Waals surface area contributed by atoms with Gasteiger partial charge in [-0.2, -0.15) is 0 Å². The summed E-state index contributed by atoms with van der Waals surface area (Å²) in [5.74, 6) is 0.690. The van der Waals surface area contributed by atoms with Crippen molar-refractivity contribution in [2.45, 2.75) is 0 Å². The van der Waals surface area contributed by atoms with E-state index in [1.54, 1.807) is 42.5 Å². The lowest BCUT2D eigenvalue weighted by Gasteiger charge is -2.12. The lowest BCUT2D eigenvalue weighted by molar-refractivity contribution is -0.113. The molecule has 0 bridgehead atoms. The molecule has 2 aromatic rings. The minimum absolute atomic E-state index is 0.127. The van der Waals surface area contributed by atoms with Gasteiger partial charge in [0, 0.05) is 11.1 Å². The van der Waals surface area contributed by atoms with Gasteiger partial charge >= 0.3 is 0 Å². The van der Waals surface area contributed by atoms with E-state index >= 15 is 0 Å². The van der Waals surface area contributed by atoms with Crippen LogP contribution in [-0.4, -0.2) is 17.9 Å². The summed E-state index contributed by atoms with van der Waals surface area (Å²) in [6, 6.07) is 9.79. The number of ether oxygens (including phenoxy) is 2. The van der Waals surface area contributed by atoms with E-state index < -0.39 is 5.91 Å². The Morgan fingerprint density at radius 2 is 1.72 bits per heavy atom. The van der Waals surface area contributed by atoms with Crippen molar-refractivity contribution < 1.29 is 19.1 Å². The maximum atomic E-state index is 12.6. The summed E-state index contributed by atoms with van der Waals surface area (Å²) in [5, 5.41) is 0.552. The number of imide groups is 1. The fourth-order valence-corrected chi connectivity index (χ4v) is 3.63. The number of carbonyl (C=O) groups is 2. The van der Waals surface area contributed by atoms with E-state index in [2.05, 4.69) is 0 Å². The SMILES string of the molecule is O=C1S/C(=C/c2cc3c(cc2Cl)OCO3)C(=O)N1c1ccc(Cl)cc1. The Labute approximate surface area is 157 Å². The van der Waals surface area contributed by atoms with E-state index in [4.69, 9.17) is 32.7 Å². The summed E-state index contributed by atoms with van der Waals surface area (Å²) in [4.78, 5) is 26.3. The van der Waals surface area contributed by atoms with Crippen LogP contribution < -0.4 is 14.4 Å². The third-order valence-corrected chi connectivity index (χ3v) is 5.11. The Morgan fingerprint density at radius 3 is 2.44 bits per heavy atom. The molecule has 0 aliphatic carbocycles. The fourth-order valence-electron chi connectivity index (χ4n) is 2.47. The van der Waals surface area contributed by atoms with Crippen molar-refractivity contribution in [1.29, 1.82) is 0 Å². The van der Waals surface area contributed by atoms with E-state index in [1.165, 1.54) is 0 Å². The lowest BCUT2D eigenvalue weighted by Crippen LogP contribution is -2.27. The molecule has 0 unspecified atom stereocenters. The molecule has 2 aromatic carbocycles. The summed E-state index contributed by atoms with van der Waals surface area (Å²) < 4.78 is 10.6. The number of amides is 2. The Morgan fingerprint density at radius 1 is 1.04 bits per heavy atom. The molecule has 2 aliphatic rings. The van der Waals surface area contributed by atoms with Crippen molar-refractivity contribution in [1.82, 2.24) is 0 Å². The van der Waals surface area contributed by atoms with Gasteiger partial charge in [-0.25, -0.2) is 4.90 Å². The molecular weight excluding hydrogens is 385 g/mol. The molecule has 2 amide bonds. The van der Waals surface area contributed by atoms with Crippen LogP contribution in [0.2, 0.25) is 10.0 Å². The molecule has 8 heteroatoms. The third-order valence-electron chi connectivity index (χ3n) is 3.66. The zero-order valence-electron chi connectivity index (χ0n) is 12.5. The molecule has 0 saturated carbocycles. The van der Waals surface area contributed by atoms with Gasteiger partial charge in [-0.15, -0.1) is 0 Å². The van der Waals surface area contributed by atoms with Crippen molar-refractivity contribution >= 4 is 57.9 Å². The molecular formula is C17H9Cl2NO4S. The Balaban J connectivity index is 1.68. The van der Waals surface area contributed by atoms with Gasteiger partial charge in [0.25, 0.3) is 11.1 Å². The molecule has 2 aliphatic heterocycles. The van der Waals surface area contributed by atoms with E-state index in [-0.39, 0.29) is 16.9 Å². The number of hydrogen-bond donors (Lipinski definition) is 0. The second-order valence-electron chi connectivity index (χ2n) is 5.22. The average Bonchev–Trinajstić information content (AvgIpc) is 3.13. The molecule has 0 N–H and O–H groups in total. The number of halogens is 2. The highest BCUT2D eigenvalue weighted by Crippen LogP contribution is 2.40. The van der Waals surface area contributed by atoms with Crippen molar-refractivity contribution in [3.63, 3.8) is 0 Å². The van der Waals surface area contributed by atoms with Crippen LogP contribution in [0.5, 0.6) is 11.5 Å². The number of fused-ring (bicyclic) bond motifs is 1. The zero-order chi connectivity index (χ0) is 17.6. The number of carbonyl (C=O) groups excluding carboxylic acids is 2. The van der Waals surface area contributed by atoms with Crippen molar-refractivity contribution in [3.05, 3.63) is 56.9 Å². The molecule has 5 nitrogen and oxygen atoms in total. The van der Waals surface area contributed by atoms with Crippen LogP contribution in [0.3, 0.4) is 0 Å². The number of benzene rings is 2. The number of hydrogen-bond acceptors (Lipinski definition) is 5. The molecule has 4 rings (SSSR count). The van der Waals surface area contributed by atoms with Gasteiger partial charge in [0.1, 0.15) is 0 Å². The Kier molecular flexibility index (Phi) is 4.11. The minimum Gasteiger partial charge on any atom is -0.454 e. The predicted octanol–water partition coefficient (Wildman–Crippen LogP) is 4.96. The fraction of sp³-hybridized carbons (Fsp3) is 0.0588. The highest BCUT2D eigenvalue weighted by atomic mass is 35.5. The quantitative estimate of drug-likeness (QED) is 0.674. The summed E-state index contributed by atoms with van der Waals surface area (Å²) in [7, 11) is 0. The van der Waals surface area contributed by atoms with Crippen LogP contribution in [0.4, 0.5) is 10.5 Å². The van der Waals surface area contributed by atoms with Gasteiger partial charge < -0.3 is 9.47 Å². The summed E-state index contributed by atoms with van der Waals surface area (Å²) in [5.41, 5.74) is 1.04. The third kappa shape index (κ3) is 2.97. The lowest BCUT2D eigenvalue weighted by atomic mass is 10.1. The molecule has 0 spiro atoms. The van der Waals surface area contributed by atoms with Crippen molar-refractivity contribution in [2.75, 3.05) is 11.7 Å². The highest BCUT2D eigenvalue weighted by molar-refractivity contribution is 8.19. The molecule has 1 fully saturated rings. The predicted molar refractivity (Wildman–Crippen MR) is 97.5 cm³/mol. The smallest absolute Gasteiger partial charge is 0.298 e. The average molecular weight is 394 g/mol. The Bertz CT molecular complexity index is 927. The number of thioether (sulfide) groups is 1. The maximum Gasteiger partial charge on any atom is 0.298 e. The molecule has 25 heavy (non-hydrogen) atoms. The standard InChI is InChI=1S/C17H9Cl2NO4S/c18-10-1-3-11(4-2-10)20-16(21)15(25-17(20)22)6-9-5-13-14(7-12(9)19)24-8-23-13/h1-7H,8H2/b15-6+. The molecule has 0 aromatic heterocycles. The van der Waals surface area contributed by atoms with Crippen LogP contribution in [0.1, 0.15) is 5.56 Å². The highest BCUT2D eigenvalue weighted by Gasteiger charge is 2.36. The van der Waals surface area contributed by atoms with Gasteiger partial charge in [-0.1, -0.05) is 23.2 Å². The summed E-state index contributed by atoms with van der Waals surface area (Å²) in [6.45, 7) is 0.127. The number of anilines is 1. The normalized spacial score (nSPS) is 17.7. The van der Waals surface area contributed by atoms with Crippen LogP contribution in [0.25, 0.3) is 6.08 Å². The first-order chi connectivity index (χ1) is 12.0. The monoisotopic (exact) mass is 393 g/mol. The summed E-state index contributed by atoms with van der Waals surface area (Å²) >= 11 is 12.9. The first-order valence-electron chi connectivity index (χ1n) is 7.15. The van der Waals surface area contributed by atoms with E-state index in [9.17, 15) is 9.59 Å². The van der Waals surface area contributed by atoms with Crippen molar-refractivity contribution in [3.8, 4) is 11.5 Å². The molecule has 1 saturated heterocycles. The van der Waals surface area contributed by atoms with E-state index in [0.29, 0.717) is 32.8 Å². The topological polar surface area (TPSA) is 55.8 Å². The second kappa shape index (κ2) is 6.29. The van der Waals surface area contributed by atoms with Crippen LogP contribution >= 0.6 is 35.0 Å². The van der Waals surface area contributed by atoms with Gasteiger partial charge in [0.05, 0.1) is 15.6 Å². The van der Waals surface area contributed by atoms with Crippen LogP contribution in [-0.2, 0) is 4.79 Å². The van der Waals surface area contributed by atoms with Gasteiger partial charge in [0.2, 0.25) is 6.79 Å². The van der Waals surface area contributed by atoms with Gasteiger partial charge in [-0.05, 0) is 53.7 Å². The molecule has 0 atom stereocenters. The molecule has 126 valence electrons. The maximum absolute atomic E-state index is 12.6. The van der Waals surface area contributed by atoms with Crippen LogP contribution in [0.15, 0.2) is 41.3 Å². The zero-order valence-corrected chi connectivity index (χ0v) is 14.8. The van der Waals surface area contributed by atoms with Crippen LogP contribution in [0, 0.1) is 0 Å². The van der Waals surface area contributed by atoms with Crippen molar-refractivity contribution in [2.24, 2.45) is 0 Å². The number of rotatable bonds is 2. The first-order valence-corrected chi connectivity index (χ1v) is 8.73. The summed E-state index contributed by atoms with van der Waals surface area (Å²) in [6.07, 6.45) is 1.57. The molecule has 2 heterocycles. The first kappa shape index (κ1) is 16.3. The van der Waals surface area contributed by atoms with Gasteiger partial charge in [0.15, 0.2) is 11.5 Å². The minimum atomic E-state index is -0.411. The second-order valence-corrected chi connectivity index (χ2v) is 7.06. The largest absolute Gasteiger partial charge is 0.454 e. The Hall–Kier alpha value is -2.15. The van der Waals surface area contributed by atoms with E-state index in [1.807, 2.05) is 0 Å². The van der Waals surface area contributed by atoms with Gasteiger partial charge in [-0.3, -0.25) is 9.59 Å². The number of nitrogens with zero attached hydrogens (tertiary/aromatic N) is 1.